The van der Waals surface area contributed by atoms with Gasteiger partial charge in [0, 0.05) is 17.4 Å². The maximum absolute atomic E-state index is 12.6. The number of para-hydroxylation sites is 1. The van der Waals surface area contributed by atoms with Gasteiger partial charge in [-0.3, -0.25) is 10.1 Å². The zero-order valence-electron chi connectivity index (χ0n) is 14.9. The normalized spacial score (nSPS) is 15.1. The van der Waals surface area contributed by atoms with Crippen LogP contribution in [-0.4, -0.2) is 30.8 Å². The van der Waals surface area contributed by atoms with Gasteiger partial charge in [-0.05, 0) is 25.5 Å². The number of ether oxygens (including phenoxy) is 1. The molecule has 0 fully saturated rings. The second-order valence-corrected chi connectivity index (χ2v) is 8.36. The number of alkyl halides is 1. The van der Waals surface area contributed by atoms with Crippen molar-refractivity contribution in [1.82, 2.24) is 4.72 Å². The minimum absolute atomic E-state index is 0.251. The molecule has 0 bridgehead atoms. The van der Waals surface area contributed by atoms with E-state index in [1.165, 1.54) is 18.2 Å². The van der Waals surface area contributed by atoms with Crippen molar-refractivity contribution in [3.8, 4) is 0 Å². The highest BCUT2D eigenvalue weighted by atomic mass is 79.9. The van der Waals surface area contributed by atoms with Gasteiger partial charge < -0.3 is 4.74 Å². The molecule has 2 aromatic rings. The molecule has 1 N–H and O–H groups in total. The molecule has 0 radical (unpaired) electrons. The summed E-state index contributed by atoms with van der Waals surface area (Å²) < 4.78 is 33.7. The zero-order chi connectivity index (χ0) is 20.0. The van der Waals surface area contributed by atoms with Crippen LogP contribution in [0.15, 0.2) is 59.5 Å². The number of halogens is 1. The van der Waals surface area contributed by atoms with Crippen molar-refractivity contribution < 1.29 is 18.1 Å². The first-order chi connectivity index (χ1) is 12.8. The van der Waals surface area contributed by atoms with Crippen LogP contribution in [0.4, 0.5) is 5.69 Å². The molecule has 0 saturated carbocycles. The maximum Gasteiger partial charge on any atom is 0.289 e. The van der Waals surface area contributed by atoms with Crippen LogP contribution in [0, 0.1) is 10.1 Å². The predicted octanol–water partition coefficient (Wildman–Crippen LogP) is 3.80. The fourth-order valence-electron chi connectivity index (χ4n) is 2.49. The summed E-state index contributed by atoms with van der Waals surface area (Å²) in [4.78, 5) is 10.0. The first-order valence-corrected chi connectivity index (χ1v) is 10.9. The molecule has 146 valence electrons. The zero-order valence-corrected chi connectivity index (χ0v) is 17.3. The molecule has 3 atom stereocenters. The van der Waals surface area contributed by atoms with E-state index in [0.29, 0.717) is 5.33 Å². The molecule has 2 aromatic carbocycles. The topological polar surface area (TPSA) is 98.5 Å². The Balaban J connectivity index is 2.13. The van der Waals surface area contributed by atoms with Crippen molar-refractivity contribution in [3.05, 3.63) is 70.3 Å². The third-order valence-electron chi connectivity index (χ3n) is 4.09. The van der Waals surface area contributed by atoms with Gasteiger partial charge in [-0.25, -0.2) is 13.1 Å². The van der Waals surface area contributed by atoms with E-state index in [0.717, 1.165) is 11.6 Å². The van der Waals surface area contributed by atoms with Gasteiger partial charge in [0.15, 0.2) is 4.90 Å². The molecule has 0 aliphatic heterocycles. The molecule has 27 heavy (non-hydrogen) atoms. The summed E-state index contributed by atoms with van der Waals surface area (Å²) in [7, 11) is -4.07. The van der Waals surface area contributed by atoms with Gasteiger partial charge >= 0.3 is 0 Å². The highest BCUT2D eigenvalue weighted by Crippen LogP contribution is 2.25. The number of benzene rings is 2. The quantitative estimate of drug-likeness (QED) is 0.351. The van der Waals surface area contributed by atoms with Gasteiger partial charge in [0.25, 0.3) is 5.69 Å². The molecule has 9 heteroatoms. The van der Waals surface area contributed by atoms with Crippen molar-refractivity contribution in [2.45, 2.75) is 37.0 Å². The van der Waals surface area contributed by atoms with Gasteiger partial charge in [-0.1, -0.05) is 58.4 Å². The molecule has 0 amide bonds. The molecule has 0 spiro atoms. The minimum Gasteiger partial charge on any atom is -0.368 e. The monoisotopic (exact) mass is 456 g/mol. The van der Waals surface area contributed by atoms with E-state index in [9.17, 15) is 18.5 Å². The van der Waals surface area contributed by atoms with Crippen LogP contribution in [0.3, 0.4) is 0 Å². The fourth-order valence-corrected chi connectivity index (χ4v) is 4.50. The largest absolute Gasteiger partial charge is 0.368 e. The number of hydrogen-bond acceptors (Lipinski definition) is 5. The van der Waals surface area contributed by atoms with Crippen molar-refractivity contribution in [2.24, 2.45) is 0 Å². The van der Waals surface area contributed by atoms with E-state index in [1.54, 1.807) is 13.8 Å². The standard InChI is InChI=1S/C18H21BrN2O5S/c1-13(14(2)26-17(12-19)15-8-4-3-5-9-15)20-27(24,25)18-11-7-6-10-16(18)21(22)23/h3-11,13-14,17,20H,12H2,1-2H3/t13-,14-,17-/m0/s1. The summed E-state index contributed by atoms with van der Waals surface area (Å²) in [5, 5.41) is 11.7. The number of nitro groups is 1. The van der Waals surface area contributed by atoms with Gasteiger partial charge in [0.2, 0.25) is 10.0 Å². The molecule has 0 unspecified atom stereocenters. The Bertz CT molecular complexity index is 876. The van der Waals surface area contributed by atoms with Crippen LogP contribution in [-0.2, 0) is 14.8 Å². The average molecular weight is 457 g/mol. The van der Waals surface area contributed by atoms with Crippen molar-refractivity contribution in [3.63, 3.8) is 0 Å². The third-order valence-corrected chi connectivity index (χ3v) is 6.28. The summed E-state index contributed by atoms with van der Waals surface area (Å²) in [6.07, 6.45) is -0.718. The molecule has 0 heterocycles. The van der Waals surface area contributed by atoms with Crippen molar-refractivity contribution >= 4 is 31.6 Å². The van der Waals surface area contributed by atoms with Crippen LogP contribution >= 0.6 is 15.9 Å². The number of nitro benzene ring substituents is 1. The van der Waals surface area contributed by atoms with Gasteiger partial charge in [0.05, 0.1) is 17.1 Å². The first-order valence-electron chi connectivity index (χ1n) is 8.28. The van der Waals surface area contributed by atoms with E-state index >= 15 is 0 Å². The lowest BCUT2D eigenvalue weighted by atomic mass is 10.1. The van der Waals surface area contributed by atoms with E-state index in [1.807, 2.05) is 30.3 Å². The number of nitrogens with one attached hydrogen (secondary N) is 1. The molecule has 2 rings (SSSR count). The number of sulfonamides is 1. The molecule has 7 nitrogen and oxygen atoms in total. The maximum atomic E-state index is 12.6. The highest BCUT2D eigenvalue weighted by Gasteiger charge is 2.29. The summed E-state index contributed by atoms with van der Waals surface area (Å²) >= 11 is 3.42. The van der Waals surface area contributed by atoms with Crippen LogP contribution in [0.2, 0.25) is 0 Å². The summed E-state index contributed by atoms with van der Waals surface area (Å²) in [6.45, 7) is 3.42. The van der Waals surface area contributed by atoms with Crippen molar-refractivity contribution in [2.75, 3.05) is 5.33 Å². The van der Waals surface area contributed by atoms with E-state index in [-0.39, 0.29) is 11.0 Å². The Morgan fingerprint density at radius 1 is 1.11 bits per heavy atom. The molecule has 0 aromatic heterocycles. The second-order valence-electron chi connectivity index (χ2n) is 6.03. The number of rotatable bonds is 9. The smallest absolute Gasteiger partial charge is 0.289 e. The van der Waals surface area contributed by atoms with Gasteiger partial charge in [-0.15, -0.1) is 0 Å². The molecular weight excluding hydrogens is 436 g/mol. The van der Waals surface area contributed by atoms with E-state index in [4.69, 9.17) is 4.74 Å². The minimum atomic E-state index is -4.07. The molecule has 0 aliphatic rings. The molecule has 0 aliphatic carbocycles. The summed E-state index contributed by atoms with van der Waals surface area (Å²) in [5.74, 6) is 0. The number of nitrogens with zero attached hydrogens (tertiary/aromatic N) is 1. The Morgan fingerprint density at radius 3 is 2.30 bits per heavy atom. The summed E-state index contributed by atoms with van der Waals surface area (Å²) in [6, 6.07) is 14.2. The lowest BCUT2D eigenvalue weighted by molar-refractivity contribution is -0.387. The Kier molecular flexibility index (Phi) is 7.49. The highest BCUT2D eigenvalue weighted by molar-refractivity contribution is 9.09. The molecule has 0 saturated heterocycles. The van der Waals surface area contributed by atoms with E-state index in [2.05, 4.69) is 20.7 Å². The SMILES string of the molecule is C[C@H](NS(=O)(=O)c1ccccc1[N+](=O)[O-])[C@H](C)O[C@@H](CBr)c1ccccc1. The lowest BCUT2D eigenvalue weighted by Gasteiger charge is -2.26. The van der Waals surface area contributed by atoms with E-state index < -0.39 is 32.8 Å². The Hall–Kier alpha value is -1.81. The fraction of sp³-hybridized carbons (Fsp3) is 0.333. The van der Waals surface area contributed by atoms with Gasteiger partial charge in [0.1, 0.15) is 0 Å². The summed E-state index contributed by atoms with van der Waals surface area (Å²) in [5.41, 5.74) is 0.503. The van der Waals surface area contributed by atoms with Crippen molar-refractivity contribution in [1.29, 1.82) is 0 Å². The van der Waals surface area contributed by atoms with Crippen LogP contribution in [0.5, 0.6) is 0 Å². The second kappa shape index (κ2) is 9.41. The predicted molar refractivity (Wildman–Crippen MR) is 106 cm³/mol. The Morgan fingerprint density at radius 2 is 1.70 bits per heavy atom. The van der Waals surface area contributed by atoms with Crippen LogP contribution in [0.1, 0.15) is 25.5 Å². The average Bonchev–Trinajstić information content (AvgIpc) is 2.66. The Labute approximate surface area is 167 Å². The van der Waals surface area contributed by atoms with Crippen LogP contribution in [0.25, 0.3) is 0 Å². The number of hydrogen-bond donors (Lipinski definition) is 1. The van der Waals surface area contributed by atoms with Gasteiger partial charge in [-0.2, -0.15) is 0 Å². The third kappa shape index (κ3) is 5.58. The van der Waals surface area contributed by atoms with Crippen LogP contribution < -0.4 is 4.72 Å². The first kappa shape index (κ1) is 21.5. The lowest BCUT2D eigenvalue weighted by Crippen LogP contribution is -2.41. The molecular formula is C18H21BrN2O5S.